The van der Waals surface area contributed by atoms with Crippen LogP contribution < -0.4 is 10.1 Å². The van der Waals surface area contributed by atoms with E-state index in [1.54, 1.807) is 0 Å². The molecule has 2 rings (SSSR count). The second-order valence-corrected chi connectivity index (χ2v) is 4.71. The molecule has 0 saturated heterocycles. The van der Waals surface area contributed by atoms with E-state index in [9.17, 15) is 0 Å². The van der Waals surface area contributed by atoms with Crippen molar-refractivity contribution in [1.82, 2.24) is 5.32 Å². The van der Waals surface area contributed by atoms with Gasteiger partial charge in [0.15, 0.2) is 0 Å². The van der Waals surface area contributed by atoms with Crippen LogP contribution in [0.2, 0.25) is 0 Å². The fourth-order valence-electron chi connectivity index (χ4n) is 1.41. The maximum Gasteiger partial charge on any atom is 0.290 e. The van der Waals surface area contributed by atoms with Crippen LogP contribution in [0.15, 0.2) is 29.3 Å². The first-order valence-electron chi connectivity index (χ1n) is 5.13. The van der Waals surface area contributed by atoms with E-state index in [1.165, 1.54) is 0 Å². The van der Waals surface area contributed by atoms with Gasteiger partial charge in [0.05, 0.1) is 6.54 Å². The molecule has 1 aliphatic rings. The van der Waals surface area contributed by atoms with Gasteiger partial charge in [0, 0.05) is 11.1 Å². The third-order valence-corrected chi connectivity index (χ3v) is 2.05. The minimum atomic E-state index is -0.0227. The van der Waals surface area contributed by atoms with Crippen molar-refractivity contribution in [3.8, 4) is 5.75 Å². The predicted octanol–water partition coefficient (Wildman–Crippen LogP) is 2.32. The molecule has 15 heavy (non-hydrogen) atoms. The molecular weight excluding hydrogens is 188 g/mol. The Balaban J connectivity index is 2.13. The van der Waals surface area contributed by atoms with E-state index in [1.807, 2.05) is 24.3 Å². The lowest BCUT2D eigenvalue weighted by molar-refractivity contribution is 0.423. The average molecular weight is 204 g/mol. The van der Waals surface area contributed by atoms with Crippen molar-refractivity contribution in [1.29, 1.82) is 0 Å². The van der Waals surface area contributed by atoms with E-state index in [4.69, 9.17) is 4.74 Å². The maximum absolute atomic E-state index is 5.65. The zero-order valence-electron chi connectivity index (χ0n) is 9.37. The third kappa shape index (κ3) is 2.49. The number of ether oxygens (including phenoxy) is 1. The van der Waals surface area contributed by atoms with Crippen molar-refractivity contribution in [2.75, 3.05) is 0 Å². The van der Waals surface area contributed by atoms with Gasteiger partial charge in [-0.2, -0.15) is 0 Å². The van der Waals surface area contributed by atoms with Crippen LogP contribution in [0.5, 0.6) is 5.75 Å². The lowest BCUT2D eigenvalue weighted by atomic mass is 10.1. The van der Waals surface area contributed by atoms with E-state index in [-0.39, 0.29) is 5.54 Å². The highest BCUT2D eigenvalue weighted by molar-refractivity contribution is 5.78. The van der Waals surface area contributed by atoms with Gasteiger partial charge in [0.1, 0.15) is 5.75 Å². The molecule has 0 atom stereocenters. The fraction of sp³-hybridized carbons (Fsp3) is 0.417. The van der Waals surface area contributed by atoms with Gasteiger partial charge in [-0.25, -0.2) is 4.99 Å². The van der Waals surface area contributed by atoms with Crippen LogP contribution in [0.1, 0.15) is 26.3 Å². The van der Waals surface area contributed by atoms with Gasteiger partial charge in [-0.15, -0.1) is 0 Å². The van der Waals surface area contributed by atoms with Crippen molar-refractivity contribution in [3.05, 3.63) is 29.8 Å². The molecule has 0 spiro atoms. The third-order valence-electron chi connectivity index (χ3n) is 2.05. The van der Waals surface area contributed by atoms with Gasteiger partial charge in [0.25, 0.3) is 6.02 Å². The molecule has 0 saturated carbocycles. The summed E-state index contributed by atoms with van der Waals surface area (Å²) in [5.41, 5.74) is 1.11. The Hall–Kier alpha value is -1.51. The normalized spacial score (nSPS) is 15.0. The highest BCUT2D eigenvalue weighted by atomic mass is 16.5. The van der Waals surface area contributed by atoms with Crippen molar-refractivity contribution >= 4 is 6.02 Å². The molecule has 80 valence electrons. The summed E-state index contributed by atoms with van der Waals surface area (Å²) < 4.78 is 5.65. The van der Waals surface area contributed by atoms with E-state index in [0.29, 0.717) is 12.6 Å². The summed E-state index contributed by atoms with van der Waals surface area (Å²) in [6.45, 7) is 6.94. The van der Waals surface area contributed by atoms with Crippen LogP contribution in [-0.2, 0) is 6.54 Å². The van der Waals surface area contributed by atoms with Gasteiger partial charge >= 0.3 is 0 Å². The molecule has 0 amide bonds. The van der Waals surface area contributed by atoms with Gasteiger partial charge in [-0.3, -0.25) is 0 Å². The lowest BCUT2D eigenvalue weighted by Crippen LogP contribution is -2.44. The number of aliphatic imine (C=N–C) groups is 1. The molecule has 0 radical (unpaired) electrons. The number of para-hydroxylation sites is 1. The smallest absolute Gasteiger partial charge is 0.290 e. The van der Waals surface area contributed by atoms with Crippen molar-refractivity contribution in [2.45, 2.75) is 32.9 Å². The molecule has 1 heterocycles. The average Bonchev–Trinajstić information content (AvgIpc) is 2.15. The van der Waals surface area contributed by atoms with Crippen LogP contribution in [0, 0.1) is 0 Å². The monoisotopic (exact) mass is 204 g/mol. The molecule has 1 N–H and O–H groups in total. The molecule has 3 nitrogen and oxygen atoms in total. The number of nitrogens with zero attached hydrogens (tertiary/aromatic N) is 1. The topological polar surface area (TPSA) is 33.6 Å². The highest BCUT2D eigenvalue weighted by Crippen LogP contribution is 2.22. The molecule has 1 aliphatic heterocycles. The Morgan fingerprint density at radius 3 is 2.73 bits per heavy atom. The molecule has 0 fully saturated rings. The highest BCUT2D eigenvalue weighted by Gasteiger charge is 2.18. The van der Waals surface area contributed by atoms with Crippen LogP contribution in [-0.4, -0.2) is 11.6 Å². The first-order chi connectivity index (χ1) is 7.04. The summed E-state index contributed by atoms with van der Waals surface area (Å²) in [4.78, 5) is 4.34. The van der Waals surface area contributed by atoms with E-state index >= 15 is 0 Å². The second-order valence-electron chi connectivity index (χ2n) is 4.71. The molecule has 0 aromatic heterocycles. The first-order valence-corrected chi connectivity index (χ1v) is 5.13. The van der Waals surface area contributed by atoms with Crippen molar-refractivity contribution in [2.24, 2.45) is 4.99 Å². The number of fused-ring (bicyclic) bond motifs is 1. The van der Waals surface area contributed by atoms with Crippen LogP contribution in [0.3, 0.4) is 0 Å². The predicted molar refractivity (Wildman–Crippen MR) is 61.1 cm³/mol. The number of amidine groups is 1. The standard InChI is InChI=1S/C12H16N2O/c1-12(2,3)14-11-13-8-9-6-4-5-7-10(9)15-11/h4-7H,8H2,1-3H3,(H,13,14). The molecule has 0 unspecified atom stereocenters. The van der Waals surface area contributed by atoms with E-state index in [0.717, 1.165) is 11.3 Å². The number of hydrogen-bond donors (Lipinski definition) is 1. The summed E-state index contributed by atoms with van der Waals surface area (Å²) in [7, 11) is 0. The maximum atomic E-state index is 5.65. The van der Waals surface area contributed by atoms with E-state index < -0.39 is 0 Å². The molecule has 1 aromatic carbocycles. The van der Waals surface area contributed by atoms with Gasteiger partial charge < -0.3 is 10.1 Å². The Labute approximate surface area is 90.2 Å². The minimum Gasteiger partial charge on any atom is -0.426 e. The number of benzene rings is 1. The number of nitrogens with one attached hydrogen (secondary N) is 1. The van der Waals surface area contributed by atoms with Crippen molar-refractivity contribution in [3.63, 3.8) is 0 Å². The number of hydrogen-bond acceptors (Lipinski definition) is 3. The van der Waals surface area contributed by atoms with Gasteiger partial charge in [0.2, 0.25) is 0 Å². The number of rotatable bonds is 0. The molecule has 0 bridgehead atoms. The lowest BCUT2D eigenvalue weighted by Gasteiger charge is -2.25. The van der Waals surface area contributed by atoms with Crippen LogP contribution in [0.4, 0.5) is 0 Å². The Morgan fingerprint density at radius 1 is 1.27 bits per heavy atom. The molecular formula is C12H16N2O. The summed E-state index contributed by atoms with van der Waals surface area (Å²) >= 11 is 0. The van der Waals surface area contributed by atoms with Crippen LogP contribution >= 0.6 is 0 Å². The van der Waals surface area contributed by atoms with Crippen LogP contribution in [0.25, 0.3) is 0 Å². The zero-order valence-corrected chi connectivity index (χ0v) is 9.37. The summed E-state index contributed by atoms with van der Waals surface area (Å²) in [6, 6.07) is 8.58. The quantitative estimate of drug-likeness (QED) is 0.703. The Bertz CT molecular complexity index is 391. The largest absolute Gasteiger partial charge is 0.426 e. The molecule has 1 aromatic rings. The summed E-state index contributed by atoms with van der Waals surface area (Å²) in [6.07, 6.45) is 0. The van der Waals surface area contributed by atoms with Gasteiger partial charge in [-0.1, -0.05) is 18.2 Å². The summed E-state index contributed by atoms with van der Waals surface area (Å²) in [5.74, 6) is 0.902. The second kappa shape index (κ2) is 3.57. The Kier molecular flexibility index (Phi) is 2.39. The fourth-order valence-corrected chi connectivity index (χ4v) is 1.41. The Morgan fingerprint density at radius 2 is 2.00 bits per heavy atom. The first kappa shape index (κ1) is 10.0. The SMILES string of the molecule is CC(C)(C)NC1=NCc2ccccc2O1. The zero-order chi connectivity index (χ0) is 10.9. The molecule has 3 heteroatoms. The van der Waals surface area contributed by atoms with E-state index in [2.05, 4.69) is 31.1 Å². The van der Waals surface area contributed by atoms with Gasteiger partial charge in [-0.05, 0) is 26.8 Å². The van der Waals surface area contributed by atoms with Crippen molar-refractivity contribution < 1.29 is 4.74 Å². The molecule has 0 aliphatic carbocycles. The minimum absolute atomic E-state index is 0.0227. The summed E-state index contributed by atoms with van der Waals surface area (Å²) in [5, 5.41) is 3.23.